The predicted octanol–water partition coefficient (Wildman–Crippen LogP) is 2.56. The predicted molar refractivity (Wildman–Crippen MR) is 69.7 cm³/mol. The molecule has 0 aromatic heterocycles. The third-order valence-electron chi connectivity index (χ3n) is 2.42. The summed E-state index contributed by atoms with van der Waals surface area (Å²) in [5.74, 6) is 1.50. The summed E-state index contributed by atoms with van der Waals surface area (Å²) >= 11 is 0. The van der Waals surface area contributed by atoms with E-state index in [1.54, 1.807) is 0 Å². The molecule has 0 heterocycles. The molecule has 1 N–H and O–H groups in total. The van der Waals surface area contributed by atoms with Crippen molar-refractivity contribution in [2.24, 2.45) is 5.92 Å². The van der Waals surface area contributed by atoms with Crippen molar-refractivity contribution in [3.8, 4) is 0 Å². The second-order valence-electron chi connectivity index (χ2n) is 5.26. The molecule has 0 rings (SSSR count). The summed E-state index contributed by atoms with van der Waals surface area (Å²) in [7, 11) is -0.718. The molecule has 0 aliphatic carbocycles. The summed E-state index contributed by atoms with van der Waals surface area (Å²) in [4.78, 5) is 0. The van der Waals surface area contributed by atoms with Crippen molar-refractivity contribution in [2.75, 3.05) is 18.8 Å². The Morgan fingerprint density at radius 1 is 1.33 bits per heavy atom. The molecule has 2 atom stereocenters. The summed E-state index contributed by atoms with van der Waals surface area (Å²) in [5.41, 5.74) is 0. The number of hydrogen-bond donors (Lipinski definition) is 1. The van der Waals surface area contributed by atoms with Crippen LogP contribution in [0.4, 0.5) is 0 Å². The van der Waals surface area contributed by atoms with Crippen LogP contribution in [0.3, 0.4) is 0 Å². The van der Waals surface area contributed by atoms with Crippen LogP contribution < -0.4 is 5.32 Å². The standard InChI is InChI=1S/C12H27NOS/c1-6-7-11(2)10-13-8-9-15(14)12(3,4)5/h11,13H,6-10H2,1-5H3. The third kappa shape index (κ3) is 7.97. The number of hydrogen-bond acceptors (Lipinski definition) is 2. The first-order chi connectivity index (χ1) is 6.88. The van der Waals surface area contributed by atoms with E-state index in [4.69, 9.17) is 0 Å². The first kappa shape index (κ1) is 15.1. The van der Waals surface area contributed by atoms with Crippen LogP contribution in [0, 0.1) is 5.92 Å². The molecule has 3 heteroatoms. The molecule has 0 fully saturated rings. The van der Waals surface area contributed by atoms with Gasteiger partial charge in [0.25, 0.3) is 0 Å². The normalized spacial score (nSPS) is 16.3. The molecule has 0 aromatic rings. The minimum atomic E-state index is -0.718. The Morgan fingerprint density at radius 3 is 2.40 bits per heavy atom. The van der Waals surface area contributed by atoms with Gasteiger partial charge in [-0.15, -0.1) is 0 Å². The molecular weight excluding hydrogens is 206 g/mol. The van der Waals surface area contributed by atoms with Crippen LogP contribution in [0.2, 0.25) is 0 Å². The van der Waals surface area contributed by atoms with Crippen LogP contribution in [0.25, 0.3) is 0 Å². The van der Waals surface area contributed by atoms with Crippen molar-refractivity contribution >= 4 is 10.8 Å². The van der Waals surface area contributed by atoms with Gasteiger partial charge in [0.1, 0.15) is 0 Å². The molecule has 15 heavy (non-hydrogen) atoms. The van der Waals surface area contributed by atoms with Crippen molar-refractivity contribution in [1.82, 2.24) is 5.32 Å². The maximum Gasteiger partial charge on any atom is 0.0375 e. The Bertz CT molecular complexity index is 187. The SMILES string of the molecule is CCCC(C)CNCCS(=O)C(C)(C)C. The molecule has 0 saturated heterocycles. The highest BCUT2D eigenvalue weighted by atomic mass is 32.2. The van der Waals surface area contributed by atoms with Crippen LogP contribution in [-0.2, 0) is 10.8 Å². The molecule has 0 bridgehead atoms. The molecule has 92 valence electrons. The summed E-state index contributed by atoms with van der Waals surface area (Å²) < 4.78 is 11.6. The number of rotatable bonds is 7. The smallest absolute Gasteiger partial charge is 0.0375 e. The quantitative estimate of drug-likeness (QED) is 0.685. The first-order valence-electron chi connectivity index (χ1n) is 5.97. The van der Waals surface area contributed by atoms with Gasteiger partial charge < -0.3 is 5.32 Å². The third-order valence-corrected chi connectivity index (χ3v) is 4.36. The fraction of sp³-hybridized carbons (Fsp3) is 1.00. The average molecular weight is 233 g/mol. The van der Waals surface area contributed by atoms with Gasteiger partial charge in [0.2, 0.25) is 0 Å². The Labute approximate surface area is 97.7 Å². The van der Waals surface area contributed by atoms with Crippen LogP contribution in [0.1, 0.15) is 47.5 Å². The van der Waals surface area contributed by atoms with Gasteiger partial charge in [0.15, 0.2) is 0 Å². The van der Waals surface area contributed by atoms with Gasteiger partial charge in [-0.05, 0) is 39.7 Å². The van der Waals surface area contributed by atoms with Crippen molar-refractivity contribution in [3.05, 3.63) is 0 Å². The topological polar surface area (TPSA) is 29.1 Å². The Hall–Kier alpha value is 0.110. The monoisotopic (exact) mass is 233 g/mol. The zero-order valence-electron chi connectivity index (χ0n) is 10.9. The molecule has 0 amide bonds. The lowest BCUT2D eigenvalue weighted by Gasteiger charge is -2.18. The van der Waals surface area contributed by atoms with Crippen molar-refractivity contribution in [3.63, 3.8) is 0 Å². The van der Waals surface area contributed by atoms with E-state index in [2.05, 4.69) is 19.2 Å². The maximum absolute atomic E-state index is 11.7. The van der Waals surface area contributed by atoms with E-state index in [-0.39, 0.29) is 4.75 Å². The molecule has 0 spiro atoms. The Morgan fingerprint density at radius 2 is 1.93 bits per heavy atom. The summed E-state index contributed by atoms with van der Waals surface area (Å²) in [5, 5.41) is 3.38. The zero-order valence-corrected chi connectivity index (χ0v) is 11.7. The Balaban J connectivity index is 3.51. The van der Waals surface area contributed by atoms with Gasteiger partial charge >= 0.3 is 0 Å². The minimum absolute atomic E-state index is 0.0727. The zero-order chi connectivity index (χ0) is 11.9. The summed E-state index contributed by atoms with van der Waals surface area (Å²) in [6, 6.07) is 0. The summed E-state index contributed by atoms with van der Waals surface area (Å²) in [6.45, 7) is 12.5. The van der Waals surface area contributed by atoms with E-state index in [0.717, 1.165) is 24.8 Å². The highest BCUT2D eigenvalue weighted by Gasteiger charge is 2.18. The van der Waals surface area contributed by atoms with E-state index in [0.29, 0.717) is 0 Å². The van der Waals surface area contributed by atoms with Crippen molar-refractivity contribution < 1.29 is 4.21 Å². The second kappa shape index (κ2) is 7.39. The second-order valence-corrected chi connectivity index (χ2v) is 7.58. The van der Waals surface area contributed by atoms with Gasteiger partial charge in [-0.3, -0.25) is 4.21 Å². The Kier molecular flexibility index (Phi) is 7.45. The van der Waals surface area contributed by atoms with E-state index in [1.165, 1.54) is 12.8 Å². The lowest BCUT2D eigenvalue weighted by molar-refractivity contribution is 0.483. The van der Waals surface area contributed by atoms with Gasteiger partial charge in [0, 0.05) is 27.8 Å². The molecule has 0 aliphatic rings. The van der Waals surface area contributed by atoms with E-state index < -0.39 is 10.8 Å². The lowest BCUT2D eigenvalue weighted by Crippen LogP contribution is -2.31. The van der Waals surface area contributed by atoms with Gasteiger partial charge in [-0.1, -0.05) is 20.3 Å². The van der Waals surface area contributed by atoms with Crippen LogP contribution in [0.15, 0.2) is 0 Å². The molecule has 2 nitrogen and oxygen atoms in total. The van der Waals surface area contributed by atoms with Crippen LogP contribution >= 0.6 is 0 Å². The molecule has 2 unspecified atom stereocenters. The highest BCUT2D eigenvalue weighted by Crippen LogP contribution is 2.10. The first-order valence-corrected chi connectivity index (χ1v) is 7.29. The van der Waals surface area contributed by atoms with E-state index >= 15 is 0 Å². The van der Waals surface area contributed by atoms with Gasteiger partial charge in [-0.2, -0.15) is 0 Å². The minimum Gasteiger partial charge on any atom is -0.316 e. The fourth-order valence-corrected chi connectivity index (χ4v) is 2.36. The lowest BCUT2D eigenvalue weighted by atomic mass is 10.1. The van der Waals surface area contributed by atoms with E-state index in [1.807, 2.05) is 20.8 Å². The van der Waals surface area contributed by atoms with E-state index in [9.17, 15) is 4.21 Å². The molecule has 0 radical (unpaired) electrons. The van der Waals surface area contributed by atoms with Crippen LogP contribution in [-0.4, -0.2) is 27.8 Å². The van der Waals surface area contributed by atoms with Gasteiger partial charge in [-0.25, -0.2) is 0 Å². The molecular formula is C12H27NOS. The average Bonchev–Trinajstić information content (AvgIpc) is 2.11. The van der Waals surface area contributed by atoms with Crippen LogP contribution in [0.5, 0.6) is 0 Å². The summed E-state index contributed by atoms with van der Waals surface area (Å²) in [6.07, 6.45) is 2.52. The van der Waals surface area contributed by atoms with Gasteiger partial charge in [0.05, 0.1) is 0 Å². The highest BCUT2D eigenvalue weighted by molar-refractivity contribution is 7.86. The maximum atomic E-state index is 11.7. The largest absolute Gasteiger partial charge is 0.316 e. The molecule has 0 aromatic carbocycles. The van der Waals surface area contributed by atoms with Crippen molar-refractivity contribution in [1.29, 1.82) is 0 Å². The number of nitrogens with one attached hydrogen (secondary N) is 1. The molecule has 0 saturated carbocycles. The fourth-order valence-electron chi connectivity index (χ4n) is 1.41. The van der Waals surface area contributed by atoms with Crippen molar-refractivity contribution in [2.45, 2.75) is 52.2 Å². The molecule has 0 aliphatic heterocycles.